The normalized spacial score (nSPS) is 13.5. The Bertz CT molecular complexity index is 400. The van der Waals surface area contributed by atoms with E-state index in [4.69, 9.17) is 5.73 Å². The fourth-order valence-electron chi connectivity index (χ4n) is 2.87. The molecule has 0 aliphatic rings. The molecule has 1 rings (SSSR count). The largest absolute Gasteiger partial charge is 0.329 e. The zero-order valence-electron chi connectivity index (χ0n) is 14.1. The second-order valence-electron chi connectivity index (χ2n) is 6.78. The van der Waals surface area contributed by atoms with Crippen LogP contribution in [-0.4, -0.2) is 24.5 Å². The third-order valence-corrected chi connectivity index (χ3v) is 3.87. The molecule has 0 radical (unpaired) electrons. The van der Waals surface area contributed by atoms with Gasteiger partial charge < -0.3 is 5.73 Å². The first-order valence-electron chi connectivity index (χ1n) is 7.87. The minimum absolute atomic E-state index is 0.333. The number of aryl methyl sites for hydroxylation is 1. The van der Waals surface area contributed by atoms with Crippen LogP contribution < -0.4 is 5.73 Å². The summed E-state index contributed by atoms with van der Waals surface area (Å²) >= 11 is 0. The maximum absolute atomic E-state index is 6.13. The van der Waals surface area contributed by atoms with E-state index in [-0.39, 0.29) is 0 Å². The zero-order valence-corrected chi connectivity index (χ0v) is 14.1. The van der Waals surface area contributed by atoms with Gasteiger partial charge in [0.2, 0.25) is 0 Å². The van der Waals surface area contributed by atoms with Crippen molar-refractivity contribution in [3.8, 4) is 0 Å². The molecule has 20 heavy (non-hydrogen) atoms. The molecule has 1 aromatic rings. The van der Waals surface area contributed by atoms with Crippen molar-refractivity contribution in [2.75, 3.05) is 19.6 Å². The topological polar surface area (TPSA) is 29.3 Å². The molecular weight excluding hydrogens is 244 g/mol. The predicted molar refractivity (Wildman–Crippen MR) is 89.0 cm³/mol. The van der Waals surface area contributed by atoms with Crippen LogP contribution in [-0.2, 0) is 0 Å². The molecule has 0 bridgehead atoms. The fraction of sp³-hybridized carbons (Fsp3) is 0.667. The molecule has 2 nitrogen and oxygen atoms in total. The van der Waals surface area contributed by atoms with Gasteiger partial charge in [-0.3, -0.25) is 4.90 Å². The van der Waals surface area contributed by atoms with Crippen LogP contribution in [0.5, 0.6) is 0 Å². The van der Waals surface area contributed by atoms with E-state index in [9.17, 15) is 0 Å². The number of hydrogen-bond acceptors (Lipinski definition) is 2. The third kappa shape index (κ3) is 4.60. The smallest absolute Gasteiger partial charge is 0.0473 e. The Morgan fingerprint density at radius 2 is 1.55 bits per heavy atom. The van der Waals surface area contributed by atoms with Crippen molar-refractivity contribution < 1.29 is 0 Å². The molecule has 0 saturated carbocycles. The van der Waals surface area contributed by atoms with Crippen molar-refractivity contribution in [3.63, 3.8) is 0 Å². The lowest BCUT2D eigenvalue weighted by Gasteiger charge is -2.35. The SMILES string of the molecule is Cc1cccc(C(CN)N(CC(C)C)CC(C)C)c1C. The van der Waals surface area contributed by atoms with E-state index in [1.54, 1.807) is 0 Å². The van der Waals surface area contributed by atoms with Gasteiger partial charge in [-0.1, -0.05) is 45.9 Å². The summed E-state index contributed by atoms with van der Waals surface area (Å²) in [5.74, 6) is 1.32. The highest BCUT2D eigenvalue weighted by atomic mass is 15.2. The highest BCUT2D eigenvalue weighted by Gasteiger charge is 2.22. The van der Waals surface area contributed by atoms with Gasteiger partial charge in [-0.05, 0) is 42.4 Å². The molecular formula is C18H32N2. The lowest BCUT2D eigenvalue weighted by atomic mass is 9.95. The Morgan fingerprint density at radius 1 is 1.00 bits per heavy atom. The van der Waals surface area contributed by atoms with Crippen LogP contribution in [0.25, 0.3) is 0 Å². The van der Waals surface area contributed by atoms with Gasteiger partial charge >= 0.3 is 0 Å². The minimum atomic E-state index is 0.333. The minimum Gasteiger partial charge on any atom is -0.329 e. The van der Waals surface area contributed by atoms with Crippen LogP contribution in [0.2, 0.25) is 0 Å². The van der Waals surface area contributed by atoms with E-state index in [1.807, 2.05) is 0 Å². The summed E-state index contributed by atoms with van der Waals surface area (Å²) in [5.41, 5.74) is 10.3. The summed E-state index contributed by atoms with van der Waals surface area (Å²) < 4.78 is 0. The molecule has 0 fully saturated rings. The van der Waals surface area contributed by atoms with Gasteiger partial charge in [0.15, 0.2) is 0 Å². The number of rotatable bonds is 7. The van der Waals surface area contributed by atoms with E-state index in [0.717, 1.165) is 13.1 Å². The Balaban J connectivity index is 3.08. The van der Waals surface area contributed by atoms with Gasteiger partial charge in [-0.15, -0.1) is 0 Å². The standard InChI is InChI=1S/C18H32N2/c1-13(2)11-20(12-14(3)4)18(10-19)17-9-7-8-15(5)16(17)6/h7-9,13-14,18H,10-12,19H2,1-6H3. The van der Waals surface area contributed by atoms with E-state index < -0.39 is 0 Å². The van der Waals surface area contributed by atoms with E-state index in [2.05, 4.69) is 64.6 Å². The average Bonchev–Trinajstić information content (AvgIpc) is 2.33. The zero-order chi connectivity index (χ0) is 15.3. The van der Waals surface area contributed by atoms with Crippen molar-refractivity contribution in [2.45, 2.75) is 47.6 Å². The number of benzene rings is 1. The summed E-state index contributed by atoms with van der Waals surface area (Å²) in [6.45, 7) is 16.4. The quantitative estimate of drug-likeness (QED) is 0.818. The lowest BCUT2D eigenvalue weighted by molar-refractivity contribution is 0.159. The molecule has 1 atom stereocenters. The predicted octanol–water partition coefficient (Wildman–Crippen LogP) is 3.92. The monoisotopic (exact) mass is 276 g/mol. The van der Waals surface area contributed by atoms with E-state index in [0.29, 0.717) is 24.4 Å². The molecule has 0 aliphatic heterocycles. The Hall–Kier alpha value is -0.860. The molecule has 0 amide bonds. The highest BCUT2D eigenvalue weighted by molar-refractivity contribution is 5.35. The molecule has 2 N–H and O–H groups in total. The molecule has 1 unspecified atom stereocenters. The van der Waals surface area contributed by atoms with E-state index >= 15 is 0 Å². The lowest BCUT2D eigenvalue weighted by Crippen LogP contribution is -2.39. The Kier molecular flexibility index (Phi) is 6.70. The number of nitrogens with two attached hydrogens (primary N) is 1. The van der Waals surface area contributed by atoms with Crippen LogP contribution in [0.1, 0.15) is 50.4 Å². The van der Waals surface area contributed by atoms with Crippen molar-refractivity contribution in [1.82, 2.24) is 4.90 Å². The molecule has 0 saturated heterocycles. The van der Waals surface area contributed by atoms with Gasteiger partial charge in [-0.2, -0.15) is 0 Å². The first-order chi connectivity index (χ1) is 9.36. The molecule has 2 heteroatoms. The summed E-state index contributed by atoms with van der Waals surface area (Å²) in [7, 11) is 0. The van der Waals surface area contributed by atoms with Crippen LogP contribution in [0.3, 0.4) is 0 Å². The number of hydrogen-bond donors (Lipinski definition) is 1. The second-order valence-corrected chi connectivity index (χ2v) is 6.78. The van der Waals surface area contributed by atoms with Crippen LogP contribution in [0.15, 0.2) is 18.2 Å². The van der Waals surface area contributed by atoms with Crippen molar-refractivity contribution in [3.05, 3.63) is 34.9 Å². The molecule has 0 spiro atoms. The number of nitrogens with zero attached hydrogens (tertiary/aromatic N) is 1. The highest BCUT2D eigenvalue weighted by Crippen LogP contribution is 2.26. The average molecular weight is 276 g/mol. The molecule has 0 aromatic heterocycles. The molecule has 0 heterocycles. The second kappa shape index (κ2) is 7.80. The van der Waals surface area contributed by atoms with Gasteiger partial charge in [0, 0.05) is 25.7 Å². The summed E-state index contributed by atoms with van der Waals surface area (Å²) in [6.07, 6.45) is 0. The van der Waals surface area contributed by atoms with Crippen molar-refractivity contribution in [2.24, 2.45) is 17.6 Å². The van der Waals surface area contributed by atoms with Crippen LogP contribution in [0.4, 0.5) is 0 Å². The van der Waals surface area contributed by atoms with E-state index in [1.165, 1.54) is 16.7 Å². The van der Waals surface area contributed by atoms with Gasteiger partial charge in [0.05, 0.1) is 0 Å². The maximum Gasteiger partial charge on any atom is 0.0473 e. The van der Waals surface area contributed by atoms with Gasteiger partial charge in [-0.25, -0.2) is 0 Å². The molecule has 0 aliphatic carbocycles. The van der Waals surface area contributed by atoms with Crippen molar-refractivity contribution >= 4 is 0 Å². The fourth-order valence-corrected chi connectivity index (χ4v) is 2.87. The van der Waals surface area contributed by atoms with Crippen molar-refractivity contribution in [1.29, 1.82) is 0 Å². The summed E-state index contributed by atoms with van der Waals surface area (Å²) in [4.78, 5) is 2.57. The van der Waals surface area contributed by atoms with Crippen LogP contribution >= 0.6 is 0 Å². The first-order valence-corrected chi connectivity index (χ1v) is 7.87. The summed E-state index contributed by atoms with van der Waals surface area (Å²) in [6, 6.07) is 6.91. The summed E-state index contributed by atoms with van der Waals surface area (Å²) in [5, 5.41) is 0. The Labute approximate surface area is 125 Å². The van der Waals surface area contributed by atoms with Gasteiger partial charge in [0.25, 0.3) is 0 Å². The first kappa shape index (κ1) is 17.2. The maximum atomic E-state index is 6.13. The van der Waals surface area contributed by atoms with Gasteiger partial charge in [0.1, 0.15) is 0 Å². The molecule has 1 aromatic carbocycles. The Morgan fingerprint density at radius 3 is 2.00 bits per heavy atom. The van der Waals surface area contributed by atoms with Crippen LogP contribution in [0, 0.1) is 25.7 Å². The molecule has 114 valence electrons. The third-order valence-electron chi connectivity index (χ3n) is 3.87.